The highest BCUT2D eigenvalue weighted by molar-refractivity contribution is 7.80. The van der Waals surface area contributed by atoms with Crippen molar-refractivity contribution in [3.8, 4) is 16.9 Å². The summed E-state index contributed by atoms with van der Waals surface area (Å²) < 4.78 is 0. The zero-order valence-electron chi connectivity index (χ0n) is 11.3. The molecule has 0 aliphatic heterocycles. The average Bonchev–Trinajstić information content (AvgIpc) is 2.44. The van der Waals surface area contributed by atoms with E-state index in [1.165, 1.54) is 12.8 Å². The van der Waals surface area contributed by atoms with Gasteiger partial charge in [-0.3, -0.25) is 0 Å². The fourth-order valence-electron chi connectivity index (χ4n) is 2.36. The molecule has 0 heterocycles. The normalized spacial score (nSPS) is 10.6. The van der Waals surface area contributed by atoms with Crippen molar-refractivity contribution >= 4 is 12.6 Å². The molecule has 0 aliphatic carbocycles. The number of benzene rings is 2. The lowest BCUT2D eigenvalue weighted by molar-refractivity contribution is 0.466. The number of thiol groups is 1. The highest BCUT2D eigenvalue weighted by atomic mass is 32.1. The Morgan fingerprint density at radius 2 is 1.74 bits per heavy atom. The van der Waals surface area contributed by atoms with Crippen LogP contribution in [0.4, 0.5) is 0 Å². The standard InChI is InChI=1S/C17H20OS/c1-2-3-5-10-14-15(18)11-12-16(19)17(14)13-8-6-4-7-9-13/h4,6-9,11-12,18-19H,2-3,5,10H2,1H3. The van der Waals surface area contributed by atoms with Gasteiger partial charge in [0.1, 0.15) is 5.75 Å². The van der Waals surface area contributed by atoms with E-state index in [9.17, 15) is 5.11 Å². The topological polar surface area (TPSA) is 20.2 Å². The van der Waals surface area contributed by atoms with Gasteiger partial charge in [0.2, 0.25) is 0 Å². The molecule has 2 heteroatoms. The molecule has 100 valence electrons. The molecule has 2 aromatic rings. The van der Waals surface area contributed by atoms with E-state index >= 15 is 0 Å². The van der Waals surface area contributed by atoms with Crippen LogP contribution in [0, 0.1) is 0 Å². The number of unbranched alkanes of at least 4 members (excludes halogenated alkanes) is 2. The van der Waals surface area contributed by atoms with E-state index in [0.717, 1.165) is 34.4 Å². The van der Waals surface area contributed by atoms with Gasteiger partial charge in [0.15, 0.2) is 0 Å². The number of phenolic OH excluding ortho intramolecular Hbond substituents is 1. The summed E-state index contributed by atoms with van der Waals surface area (Å²) in [6, 6.07) is 13.8. The van der Waals surface area contributed by atoms with Crippen molar-refractivity contribution < 1.29 is 5.11 Å². The molecule has 0 bridgehead atoms. The molecule has 1 N–H and O–H groups in total. The van der Waals surface area contributed by atoms with Crippen LogP contribution in [0.25, 0.3) is 11.1 Å². The molecule has 0 amide bonds. The maximum atomic E-state index is 10.1. The highest BCUT2D eigenvalue weighted by Crippen LogP contribution is 2.36. The lowest BCUT2D eigenvalue weighted by Crippen LogP contribution is -1.93. The number of hydrogen-bond acceptors (Lipinski definition) is 2. The van der Waals surface area contributed by atoms with Gasteiger partial charge in [-0.25, -0.2) is 0 Å². The summed E-state index contributed by atoms with van der Waals surface area (Å²) >= 11 is 4.56. The smallest absolute Gasteiger partial charge is 0.119 e. The van der Waals surface area contributed by atoms with Gasteiger partial charge in [0, 0.05) is 16.0 Å². The van der Waals surface area contributed by atoms with E-state index in [1.54, 1.807) is 6.07 Å². The lowest BCUT2D eigenvalue weighted by atomic mass is 9.95. The molecule has 0 saturated heterocycles. The summed E-state index contributed by atoms with van der Waals surface area (Å²) in [6.07, 6.45) is 4.37. The molecule has 0 atom stereocenters. The molecule has 0 fully saturated rings. The van der Waals surface area contributed by atoms with E-state index in [1.807, 2.05) is 24.3 Å². The molecule has 19 heavy (non-hydrogen) atoms. The van der Waals surface area contributed by atoms with Gasteiger partial charge in [-0.1, -0.05) is 50.1 Å². The first kappa shape index (κ1) is 14.0. The SMILES string of the molecule is CCCCCc1c(O)ccc(S)c1-c1ccccc1. The molecule has 0 aromatic heterocycles. The van der Waals surface area contributed by atoms with Crippen molar-refractivity contribution in [2.24, 2.45) is 0 Å². The summed E-state index contributed by atoms with van der Waals surface area (Å²) in [4.78, 5) is 0.926. The van der Waals surface area contributed by atoms with Crippen molar-refractivity contribution in [3.05, 3.63) is 48.0 Å². The summed E-state index contributed by atoms with van der Waals surface area (Å²) in [5.74, 6) is 0.382. The van der Waals surface area contributed by atoms with E-state index < -0.39 is 0 Å². The second-order valence-electron chi connectivity index (χ2n) is 4.78. The van der Waals surface area contributed by atoms with Crippen LogP contribution in [0.3, 0.4) is 0 Å². The predicted octanol–water partition coefficient (Wildman–Crippen LogP) is 5.08. The van der Waals surface area contributed by atoms with Crippen LogP contribution >= 0.6 is 12.6 Å². The van der Waals surface area contributed by atoms with Crippen LogP contribution in [0.15, 0.2) is 47.4 Å². The zero-order chi connectivity index (χ0) is 13.7. The summed E-state index contributed by atoms with van der Waals surface area (Å²) in [5.41, 5.74) is 3.21. The van der Waals surface area contributed by atoms with Crippen LogP contribution < -0.4 is 0 Å². The van der Waals surface area contributed by atoms with Gasteiger partial charge in [0.25, 0.3) is 0 Å². The molecular formula is C17H20OS. The lowest BCUT2D eigenvalue weighted by Gasteiger charge is -2.14. The van der Waals surface area contributed by atoms with E-state index in [4.69, 9.17) is 0 Å². The zero-order valence-corrected chi connectivity index (χ0v) is 12.2. The molecule has 1 nitrogen and oxygen atoms in total. The fraction of sp³-hybridized carbons (Fsp3) is 0.294. The predicted molar refractivity (Wildman–Crippen MR) is 84.0 cm³/mol. The Balaban J connectivity index is 2.43. The van der Waals surface area contributed by atoms with Crippen LogP contribution in [0.5, 0.6) is 5.75 Å². The van der Waals surface area contributed by atoms with Gasteiger partial charge in [-0.15, -0.1) is 12.6 Å². The van der Waals surface area contributed by atoms with Gasteiger partial charge in [-0.05, 0) is 30.5 Å². The minimum Gasteiger partial charge on any atom is -0.508 e. The monoisotopic (exact) mass is 272 g/mol. The maximum Gasteiger partial charge on any atom is 0.119 e. The Bertz CT molecular complexity index is 534. The van der Waals surface area contributed by atoms with Crippen molar-refractivity contribution in [2.75, 3.05) is 0 Å². The third-order valence-electron chi connectivity index (χ3n) is 3.36. The van der Waals surface area contributed by atoms with E-state index in [2.05, 4.69) is 31.7 Å². The minimum absolute atomic E-state index is 0.382. The largest absolute Gasteiger partial charge is 0.508 e. The first-order valence-corrected chi connectivity index (χ1v) is 7.28. The van der Waals surface area contributed by atoms with Gasteiger partial charge >= 0.3 is 0 Å². The minimum atomic E-state index is 0.382. The van der Waals surface area contributed by atoms with Crippen molar-refractivity contribution in [3.63, 3.8) is 0 Å². The molecule has 0 radical (unpaired) electrons. The molecule has 0 unspecified atom stereocenters. The van der Waals surface area contributed by atoms with Crippen molar-refractivity contribution in [1.29, 1.82) is 0 Å². The van der Waals surface area contributed by atoms with Crippen LogP contribution in [0.2, 0.25) is 0 Å². The molecule has 2 rings (SSSR count). The fourth-order valence-corrected chi connectivity index (χ4v) is 2.69. The summed E-state index contributed by atoms with van der Waals surface area (Å²) in [6.45, 7) is 2.19. The van der Waals surface area contributed by atoms with Gasteiger partial charge in [-0.2, -0.15) is 0 Å². The molecule has 0 saturated carbocycles. The van der Waals surface area contributed by atoms with Crippen molar-refractivity contribution in [2.45, 2.75) is 37.5 Å². The van der Waals surface area contributed by atoms with Gasteiger partial charge in [0.05, 0.1) is 0 Å². The second-order valence-corrected chi connectivity index (χ2v) is 5.26. The molecule has 2 aromatic carbocycles. The van der Waals surface area contributed by atoms with Crippen molar-refractivity contribution in [1.82, 2.24) is 0 Å². The average molecular weight is 272 g/mol. The Hall–Kier alpha value is -1.41. The Labute approximate surface area is 120 Å². The first-order valence-electron chi connectivity index (χ1n) is 6.83. The molecule has 0 spiro atoms. The highest BCUT2D eigenvalue weighted by Gasteiger charge is 2.12. The van der Waals surface area contributed by atoms with Crippen LogP contribution in [0.1, 0.15) is 31.7 Å². The van der Waals surface area contributed by atoms with Crippen LogP contribution in [-0.4, -0.2) is 5.11 Å². The molecule has 0 aliphatic rings. The van der Waals surface area contributed by atoms with E-state index in [-0.39, 0.29) is 0 Å². The number of phenols is 1. The Morgan fingerprint density at radius 1 is 1.00 bits per heavy atom. The summed E-state index contributed by atoms with van der Waals surface area (Å²) in [5, 5.41) is 10.1. The maximum absolute atomic E-state index is 10.1. The number of rotatable bonds is 5. The van der Waals surface area contributed by atoms with Crippen LogP contribution in [-0.2, 0) is 6.42 Å². The second kappa shape index (κ2) is 6.67. The number of hydrogen-bond donors (Lipinski definition) is 2. The van der Waals surface area contributed by atoms with Gasteiger partial charge < -0.3 is 5.11 Å². The third-order valence-corrected chi connectivity index (χ3v) is 3.73. The number of aromatic hydroxyl groups is 1. The Morgan fingerprint density at radius 3 is 2.42 bits per heavy atom. The van der Waals surface area contributed by atoms with E-state index in [0.29, 0.717) is 5.75 Å². The third kappa shape index (κ3) is 3.32. The molecular weight excluding hydrogens is 252 g/mol. The quantitative estimate of drug-likeness (QED) is 0.574. The Kier molecular flexibility index (Phi) is 4.92. The first-order chi connectivity index (χ1) is 9.24. The summed E-state index contributed by atoms with van der Waals surface area (Å²) in [7, 11) is 0.